The molecule has 1 aromatic heterocycles. The lowest BCUT2D eigenvalue weighted by Gasteiger charge is -2.03. The Labute approximate surface area is 98.8 Å². The lowest BCUT2D eigenvalue weighted by molar-refractivity contribution is -0.137. The van der Waals surface area contributed by atoms with Crippen LogP contribution in [0.4, 0.5) is 4.39 Å². The number of para-hydroxylation sites is 1. The van der Waals surface area contributed by atoms with E-state index < -0.39 is 11.8 Å². The predicted molar refractivity (Wildman–Crippen MR) is 59.6 cm³/mol. The number of halogens is 2. The van der Waals surface area contributed by atoms with Crippen LogP contribution < -0.4 is 0 Å². The van der Waals surface area contributed by atoms with Gasteiger partial charge >= 0.3 is 5.97 Å². The van der Waals surface area contributed by atoms with Crippen molar-refractivity contribution in [3.8, 4) is 0 Å². The number of aliphatic carboxylic acids is 1. The maximum absolute atomic E-state index is 13.6. The van der Waals surface area contributed by atoms with Crippen LogP contribution in [0.2, 0.25) is 0 Å². The van der Waals surface area contributed by atoms with Gasteiger partial charge in [0.25, 0.3) is 0 Å². The summed E-state index contributed by atoms with van der Waals surface area (Å²) in [6, 6.07) is 4.58. The Bertz CT molecular complexity index is 553. The van der Waals surface area contributed by atoms with E-state index in [4.69, 9.17) is 5.11 Å². The quantitative estimate of drug-likeness (QED) is 0.943. The Balaban J connectivity index is 2.50. The van der Waals surface area contributed by atoms with Gasteiger partial charge in [0.2, 0.25) is 0 Å². The van der Waals surface area contributed by atoms with E-state index in [-0.39, 0.29) is 13.0 Å². The summed E-state index contributed by atoms with van der Waals surface area (Å²) in [5.74, 6) is -1.33. The number of imidazole rings is 1. The molecule has 0 aliphatic carbocycles. The zero-order chi connectivity index (χ0) is 11.7. The van der Waals surface area contributed by atoms with Gasteiger partial charge in [-0.25, -0.2) is 9.37 Å². The first-order valence-corrected chi connectivity index (χ1v) is 5.41. The van der Waals surface area contributed by atoms with Crippen molar-refractivity contribution in [3.63, 3.8) is 0 Å². The molecular weight excluding hydrogens is 279 g/mol. The average molecular weight is 287 g/mol. The fourth-order valence-corrected chi connectivity index (χ4v) is 2.07. The highest BCUT2D eigenvalue weighted by Gasteiger charge is 2.12. The van der Waals surface area contributed by atoms with Crippen molar-refractivity contribution in [1.82, 2.24) is 9.55 Å². The Kier molecular flexibility index (Phi) is 2.91. The molecule has 6 heteroatoms. The molecule has 0 fully saturated rings. The van der Waals surface area contributed by atoms with Gasteiger partial charge in [-0.3, -0.25) is 4.79 Å². The van der Waals surface area contributed by atoms with Crippen LogP contribution in [0.15, 0.2) is 22.9 Å². The Morgan fingerprint density at radius 3 is 3.00 bits per heavy atom. The molecule has 0 radical (unpaired) electrons. The van der Waals surface area contributed by atoms with Gasteiger partial charge in [0.05, 0.1) is 11.9 Å². The smallest absolute Gasteiger partial charge is 0.305 e. The van der Waals surface area contributed by atoms with Crippen molar-refractivity contribution in [2.45, 2.75) is 13.0 Å². The molecule has 4 nitrogen and oxygen atoms in total. The van der Waals surface area contributed by atoms with Gasteiger partial charge in [0, 0.05) is 6.54 Å². The van der Waals surface area contributed by atoms with Gasteiger partial charge in [0.1, 0.15) is 11.3 Å². The summed E-state index contributed by atoms with van der Waals surface area (Å²) in [6.45, 7) is 0.188. The Morgan fingerprint density at radius 2 is 2.31 bits per heavy atom. The molecule has 1 heterocycles. The lowest BCUT2D eigenvalue weighted by Crippen LogP contribution is -2.05. The second-order valence-corrected chi connectivity index (χ2v) is 3.99. The van der Waals surface area contributed by atoms with Gasteiger partial charge in [0.15, 0.2) is 4.73 Å². The molecule has 2 aromatic rings. The Hall–Kier alpha value is -1.43. The molecule has 16 heavy (non-hydrogen) atoms. The minimum absolute atomic E-state index is 0.0710. The molecule has 0 spiro atoms. The normalized spacial score (nSPS) is 10.9. The summed E-state index contributed by atoms with van der Waals surface area (Å²) in [5, 5.41) is 8.60. The number of benzene rings is 1. The van der Waals surface area contributed by atoms with Crippen LogP contribution in [-0.4, -0.2) is 20.6 Å². The van der Waals surface area contributed by atoms with E-state index in [2.05, 4.69) is 20.9 Å². The molecule has 84 valence electrons. The third-order valence-electron chi connectivity index (χ3n) is 2.22. The topological polar surface area (TPSA) is 55.1 Å². The number of carbonyl (C=O) groups is 1. The predicted octanol–water partition coefficient (Wildman–Crippen LogP) is 2.41. The number of carboxylic acids is 1. The maximum atomic E-state index is 13.6. The number of rotatable bonds is 3. The Morgan fingerprint density at radius 1 is 1.56 bits per heavy atom. The SMILES string of the molecule is O=C(O)CCn1c(Br)nc2cccc(F)c21. The first-order chi connectivity index (χ1) is 7.59. The summed E-state index contributed by atoms with van der Waals surface area (Å²) < 4.78 is 15.5. The van der Waals surface area contributed by atoms with Crippen molar-refractivity contribution in [1.29, 1.82) is 0 Å². The van der Waals surface area contributed by atoms with Crippen LogP contribution in [-0.2, 0) is 11.3 Å². The summed E-state index contributed by atoms with van der Waals surface area (Å²) in [4.78, 5) is 14.6. The molecule has 0 saturated carbocycles. The van der Waals surface area contributed by atoms with Crippen LogP contribution in [0.3, 0.4) is 0 Å². The van der Waals surface area contributed by atoms with Gasteiger partial charge in [-0.2, -0.15) is 0 Å². The third-order valence-corrected chi connectivity index (χ3v) is 2.83. The molecule has 1 aromatic carbocycles. The zero-order valence-electron chi connectivity index (χ0n) is 8.15. The van der Waals surface area contributed by atoms with Gasteiger partial charge in [-0.15, -0.1) is 0 Å². The van der Waals surface area contributed by atoms with Crippen molar-refractivity contribution in [3.05, 3.63) is 28.7 Å². The number of aryl methyl sites for hydroxylation is 1. The number of nitrogens with zero attached hydrogens (tertiary/aromatic N) is 2. The standard InChI is InChI=1S/C10H8BrFN2O2/c11-10-13-7-3-1-2-6(12)9(7)14(10)5-4-8(15)16/h1-3H,4-5H2,(H,15,16). The minimum atomic E-state index is -0.926. The van der Waals surface area contributed by atoms with E-state index in [1.165, 1.54) is 10.6 Å². The van der Waals surface area contributed by atoms with E-state index in [1.807, 2.05) is 0 Å². The van der Waals surface area contributed by atoms with Gasteiger partial charge < -0.3 is 9.67 Å². The number of hydrogen-bond donors (Lipinski definition) is 1. The summed E-state index contributed by atoms with van der Waals surface area (Å²) in [7, 11) is 0. The van der Waals surface area contributed by atoms with Crippen LogP contribution in [0, 0.1) is 5.82 Å². The molecule has 0 aliphatic heterocycles. The van der Waals surface area contributed by atoms with Crippen molar-refractivity contribution in [2.24, 2.45) is 0 Å². The highest BCUT2D eigenvalue weighted by molar-refractivity contribution is 9.10. The highest BCUT2D eigenvalue weighted by atomic mass is 79.9. The molecule has 0 saturated heterocycles. The van der Waals surface area contributed by atoms with Crippen molar-refractivity contribution >= 4 is 32.9 Å². The van der Waals surface area contributed by atoms with E-state index in [1.54, 1.807) is 12.1 Å². The molecule has 0 amide bonds. The molecule has 0 aliphatic rings. The van der Waals surface area contributed by atoms with Crippen LogP contribution in [0.5, 0.6) is 0 Å². The second-order valence-electron chi connectivity index (χ2n) is 3.28. The fourth-order valence-electron chi connectivity index (χ4n) is 1.52. The maximum Gasteiger partial charge on any atom is 0.305 e. The van der Waals surface area contributed by atoms with Crippen molar-refractivity contribution < 1.29 is 14.3 Å². The van der Waals surface area contributed by atoms with E-state index >= 15 is 0 Å². The second kappa shape index (κ2) is 4.21. The van der Waals surface area contributed by atoms with E-state index in [0.717, 1.165) is 0 Å². The van der Waals surface area contributed by atoms with Crippen LogP contribution in [0.25, 0.3) is 11.0 Å². The number of carboxylic acid groups (broad SMARTS) is 1. The fraction of sp³-hybridized carbons (Fsp3) is 0.200. The van der Waals surface area contributed by atoms with Gasteiger partial charge in [-0.1, -0.05) is 6.07 Å². The summed E-state index contributed by atoms with van der Waals surface area (Å²) in [6.07, 6.45) is -0.0710. The first-order valence-electron chi connectivity index (χ1n) is 4.61. The van der Waals surface area contributed by atoms with E-state index in [9.17, 15) is 9.18 Å². The van der Waals surface area contributed by atoms with Crippen molar-refractivity contribution in [2.75, 3.05) is 0 Å². The van der Waals surface area contributed by atoms with Crippen LogP contribution in [0.1, 0.15) is 6.42 Å². The molecule has 2 rings (SSSR count). The molecular formula is C10H8BrFN2O2. The molecule has 1 N–H and O–H groups in total. The van der Waals surface area contributed by atoms with E-state index in [0.29, 0.717) is 15.8 Å². The lowest BCUT2D eigenvalue weighted by atomic mass is 10.3. The monoisotopic (exact) mass is 286 g/mol. The molecule has 0 unspecified atom stereocenters. The largest absolute Gasteiger partial charge is 0.481 e. The zero-order valence-corrected chi connectivity index (χ0v) is 9.74. The minimum Gasteiger partial charge on any atom is -0.481 e. The summed E-state index contributed by atoms with van der Waals surface area (Å²) >= 11 is 3.19. The highest BCUT2D eigenvalue weighted by Crippen LogP contribution is 2.22. The molecule has 0 atom stereocenters. The number of hydrogen-bond acceptors (Lipinski definition) is 2. The number of fused-ring (bicyclic) bond motifs is 1. The number of aromatic nitrogens is 2. The third kappa shape index (κ3) is 1.92. The van der Waals surface area contributed by atoms with Gasteiger partial charge in [-0.05, 0) is 28.1 Å². The first kappa shape index (κ1) is 11.1. The summed E-state index contributed by atoms with van der Waals surface area (Å²) in [5.41, 5.74) is 0.841. The van der Waals surface area contributed by atoms with Crippen LogP contribution >= 0.6 is 15.9 Å². The molecule has 0 bridgehead atoms. The average Bonchev–Trinajstić information content (AvgIpc) is 2.52.